The lowest BCUT2D eigenvalue weighted by Crippen LogP contribution is -2.28. The van der Waals surface area contributed by atoms with E-state index >= 15 is 0 Å². The summed E-state index contributed by atoms with van der Waals surface area (Å²) in [6.07, 6.45) is 3.10. The van der Waals surface area contributed by atoms with E-state index in [0.717, 1.165) is 10.7 Å². The quantitative estimate of drug-likeness (QED) is 0.594. The molecule has 3 heterocycles. The van der Waals surface area contributed by atoms with E-state index in [1.54, 1.807) is 30.5 Å². The van der Waals surface area contributed by atoms with Crippen molar-refractivity contribution in [1.29, 1.82) is 0 Å². The van der Waals surface area contributed by atoms with Crippen LogP contribution >= 0.6 is 11.8 Å². The fourth-order valence-electron chi connectivity index (χ4n) is 3.02. The molecule has 1 aromatic carbocycles. The maximum atomic E-state index is 14.3. The van der Waals surface area contributed by atoms with Crippen LogP contribution in [0.4, 0.5) is 13.2 Å². The number of amides is 1. The van der Waals surface area contributed by atoms with Gasteiger partial charge in [-0.1, -0.05) is 11.8 Å². The summed E-state index contributed by atoms with van der Waals surface area (Å²) in [4.78, 5) is 21.5. The number of thioether (sulfide) groups is 1. The molecule has 3 aromatic rings. The van der Waals surface area contributed by atoms with Gasteiger partial charge in [0.05, 0.1) is 7.11 Å². The fourth-order valence-corrected chi connectivity index (χ4v) is 4.17. The third kappa shape index (κ3) is 3.98. The molecule has 2 aromatic heterocycles. The van der Waals surface area contributed by atoms with E-state index in [9.17, 15) is 18.0 Å². The summed E-state index contributed by atoms with van der Waals surface area (Å²) >= 11 is 1.17. The highest BCUT2D eigenvalue weighted by molar-refractivity contribution is 8.14. The average molecular weight is 444 g/mol. The van der Waals surface area contributed by atoms with Crippen LogP contribution in [0.2, 0.25) is 0 Å². The molecule has 10 heteroatoms. The number of aromatic nitrogens is 2. The predicted molar refractivity (Wildman–Crippen MR) is 109 cm³/mol. The van der Waals surface area contributed by atoms with Crippen molar-refractivity contribution >= 4 is 22.7 Å². The molecule has 0 aliphatic carbocycles. The lowest BCUT2D eigenvalue weighted by Gasteiger charge is -2.22. The molecule has 31 heavy (non-hydrogen) atoms. The summed E-state index contributed by atoms with van der Waals surface area (Å²) in [5.74, 6) is -4.58. The second-order valence-electron chi connectivity index (χ2n) is 6.56. The number of ether oxygens (including phenoxy) is 1. The number of halogens is 3. The zero-order valence-corrected chi connectivity index (χ0v) is 17.2. The van der Waals surface area contributed by atoms with Crippen LogP contribution in [0, 0.1) is 24.4 Å². The lowest BCUT2D eigenvalue weighted by molar-refractivity contribution is 0.0737. The first-order chi connectivity index (χ1) is 14.9. The minimum Gasteiger partial charge on any atom is -0.481 e. The summed E-state index contributed by atoms with van der Waals surface area (Å²) in [6.45, 7) is 1.83. The van der Waals surface area contributed by atoms with Crippen LogP contribution in [0.1, 0.15) is 32.6 Å². The largest absolute Gasteiger partial charge is 0.481 e. The Morgan fingerprint density at radius 1 is 1.13 bits per heavy atom. The van der Waals surface area contributed by atoms with Crippen molar-refractivity contribution in [2.75, 3.05) is 7.11 Å². The molecule has 1 aliphatic heterocycles. The van der Waals surface area contributed by atoms with E-state index in [1.807, 2.05) is 6.92 Å². The molecule has 0 spiro atoms. The van der Waals surface area contributed by atoms with Gasteiger partial charge in [0.1, 0.15) is 33.4 Å². The lowest BCUT2D eigenvalue weighted by atomic mass is 10.1. The van der Waals surface area contributed by atoms with Gasteiger partial charge in [-0.05, 0) is 31.2 Å². The van der Waals surface area contributed by atoms with Gasteiger partial charge >= 0.3 is 0 Å². The van der Waals surface area contributed by atoms with Gasteiger partial charge in [0.15, 0.2) is 0 Å². The molecule has 0 bridgehead atoms. The van der Waals surface area contributed by atoms with Gasteiger partial charge in [-0.25, -0.2) is 23.2 Å². The Bertz CT molecular complexity index is 1160. The molecule has 1 amide bonds. The molecule has 4 rings (SSSR count). The number of aryl methyl sites for hydroxylation is 1. The molecule has 6 nitrogen and oxygen atoms in total. The van der Waals surface area contributed by atoms with Crippen molar-refractivity contribution < 1.29 is 22.7 Å². The zero-order valence-electron chi connectivity index (χ0n) is 16.3. The van der Waals surface area contributed by atoms with Crippen LogP contribution in [-0.2, 0) is 0 Å². The zero-order chi connectivity index (χ0) is 22.1. The SMILES string of the molecule is COc1ncccc1C1SC(c2ccc(C)nc2)=NN1C(=O)c1c(F)cc(F)cc1F. The highest BCUT2D eigenvalue weighted by atomic mass is 32.2. The first-order valence-corrected chi connectivity index (χ1v) is 9.92. The molecule has 1 aliphatic rings. The summed E-state index contributed by atoms with van der Waals surface area (Å²) < 4.78 is 47.3. The van der Waals surface area contributed by atoms with Gasteiger partial charge in [-0.3, -0.25) is 9.78 Å². The molecule has 1 atom stereocenters. The summed E-state index contributed by atoms with van der Waals surface area (Å²) in [5.41, 5.74) is 0.993. The van der Waals surface area contributed by atoms with Crippen molar-refractivity contribution in [2.24, 2.45) is 5.10 Å². The number of benzene rings is 1. The second kappa shape index (κ2) is 8.38. The maximum Gasteiger partial charge on any atom is 0.281 e. The van der Waals surface area contributed by atoms with Crippen molar-refractivity contribution in [3.63, 3.8) is 0 Å². The van der Waals surface area contributed by atoms with Crippen LogP contribution in [-0.4, -0.2) is 33.0 Å². The van der Waals surface area contributed by atoms with E-state index < -0.39 is 34.3 Å². The minimum atomic E-state index is -1.31. The molecule has 0 saturated heterocycles. The molecule has 158 valence electrons. The second-order valence-corrected chi connectivity index (χ2v) is 7.63. The number of carbonyl (C=O) groups excluding carboxylic acids is 1. The normalized spacial score (nSPS) is 15.7. The number of nitrogens with zero attached hydrogens (tertiary/aromatic N) is 4. The number of methoxy groups -OCH3 is 1. The number of pyridine rings is 2. The summed E-state index contributed by atoms with van der Waals surface area (Å²) in [6, 6.07) is 7.78. The number of hydrogen-bond acceptors (Lipinski definition) is 6. The highest BCUT2D eigenvalue weighted by Crippen LogP contribution is 2.44. The van der Waals surface area contributed by atoms with Crippen LogP contribution < -0.4 is 4.74 Å². The molecule has 0 radical (unpaired) electrons. The predicted octanol–water partition coefficient (Wildman–Crippen LogP) is 4.46. The molecule has 1 unspecified atom stereocenters. The van der Waals surface area contributed by atoms with Crippen molar-refractivity contribution in [1.82, 2.24) is 15.0 Å². The Kier molecular flexibility index (Phi) is 5.64. The maximum absolute atomic E-state index is 14.3. The Hall–Kier alpha value is -3.40. The Morgan fingerprint density at radius 2 is 1.87 bits per heavy atom. The van der Waals surface area contributed by atoms with Crippen LogP contribution in [0.15, 0.2) is 53.9 Å². The molecular formula is C21H15F3N4O2S. The molecule has 0 saturated carbocycles. The number of rotatable bonds is 4. The number of hydrazone groups is 1. The number of carbonyl (C=O) groups is 1. The van der Waals surface area contributed by atoms with Crippen LogP contribution in [0.5, 0.6) is 5.88 Å². The van der Waals surface area contributed by atoms with Gasteiger partial charge in [0, 0.05) is 41.3 Å². The molecule has 0 N–H and O–H groups in total. The Balaban J connectivity index is 1.81. The summed E-state index contributed by atoms with van der Waals surface area (Å²) in [5, 5.41) is 4.85. The first kappa shape index (κ1) is 20.9. The van der Waals surface area contributed by atoms with Gasteiger partial charge < -0.3 is 4.74 Å². The van der Waals surface area contributed by atoms with Crippen molar-refractivity contribution in [3.05, 3.63) is 88.6 Å². The Morgan fingerprint density at radius 3 is 2.52 bits per heavy atom. The monoisotopic (exact) mass is 444 g/mol. The average Bonchev–Trinajstić information content (AvgIpc) is 3.18. The molecule has 0 fully saturated rings. The standard InChI is InChI=1S/C21H15F3N4O2S/c1-11-5-6-12(10-26-11)19-27-28(20(29)17-15(23)8-13(22)9-16(17)24)21(31-19)14-4-3-7-25-18(14)30-2/h3-10,21H,1-2H3. The van der Waals surface area contributed by atoms with Gasteiger partial charge in [-0.15, -0.1) is 0 Å². The topological polar surface area (TPSA) is 67.7 Å². The number of hydrogen-bond donors (Lipinski definition) is 0. The molecular weight excluding hydrogens is 429 g/mol. The minimum absolute atomic E-state index is 0.233. The third-order valence-corrected chi connectivity index (χ3v) is 5.71. The smallest absolute Gasteiger partial charge is 0.281 e. The van der Waals surface area contributed by atoms with Gasteiger partial charge in [0.25, 0.3) is 5.91 Å². The highest BCUT2D eigenvalue weighted by Gasteiger charge is 2.38. The fraction of sp³-hybridized carbons (Fsp3) is 0.143. The van der Waals surface area contributed by atoms with E-state index in [-0.39, 0.29) is 5.88 Å². The third-order valence-electron chi connectivity index (χ3n) is 4.49. The van der Waals surface area contributed by atoms with Crippen LogP contribution in [0.3, 0.4) is 0 Å². The van der Waals surface area contributed by atoms with E-state index in [2.05, 4.69) is 15.1 Å². The van der Waals surface area contributed by atoms with Gasteiger partial charge in [-0.2, -0.15) is 5.10 Å². The summed E-state index contributed by atoms with van der Waals surface area (Å²) in [7, 11) is 1.42. The van der Waals surface area contributed by atoms with Crippen LogP contribution in [0.25, 0.3) is 0 Å². The van der Waals surface area contributed by atoms with Crippen molar-refractivity contribution in [3.8, 4) is 5.88 Å². The van der Waals surface area contributed by atoms with E-state index in [1.165, 1.54) is 25.1 Å². The van der Waals surface area contributed by atoms with Gasteiger partial charge in [0.2, 0.25) is 5.88 Å². The van der Waals surface area contributed by atoms with E-state index in [0.29, 0.717) is 28.3 Å². The Labute approximate surface area is 179 Å². The van der Waals surface area contributed by atoms with E-state index in [4.69, 9.17) is 4.74 Å². The first-order valence-electron chi connectivity index (χ1n) is 9.04. The van der Waals surface area contributed by atoms with Crippen molar-refractivity contribution in [2.45, 2.75) is 12.3 Å².